The maximum absolute atomic E-state index is 6.11. The summed E-state index contributed by atoms with van der Waals surface area (Å²) in [6.45, 7) is 11.6. The summed E-state index contributed by atoms with van der Waals surface area (Å²) in [6.07, 6.45) is 5.29. The highest BCUT2D eigenvalue weighted by atomic mass is 28.4. The second-order valence-electron chi connectivity index (χ2n) is 5.01. The zero-order valence-corrected chi connectivity index (χ0v) is 12.8. The molecule has 0 radical (unpaired) electrons. The third kappa shape index (κ3) is 6.00. The summed E-state index contributed by atoms with van der Waals surface area (Å²) >= 11 is 0. The van der Waals surface area contributed by atoms with Crippen molar-refractivity contribution in [2.24, 2.45) is 0 Å². The average Bonchev–Trinajstić information content (AvgIpc) is 2.34. The minimum Gasteiger partial charge on any atom is -0.395 e. The Morgan fingerprint density at radius 1 is 1.12 bits per heavy atom. The molecule has 1 rings (SSSR count). The summed E-state index contributed by atoms with van der Waals surface area (Å²) in [7, 11) is -1.87. The van der Waals surface area contributed by atoms with Gasteiger partial charge in [0.05, 0.1) is 0 Å². The molecule has 1 fully saturated rings. The van der Waals surface area contributed by atoms with Crippen LogP contribution in [0.2, 0.25) is 12.6 Å². The Hall–Kier alpha value is 0.0969. The van der Waals surface area contributed by atoms with Gasteiger partial charge in [-0.05, 0) is 39.0 Å². The van der Waals surface area contributed by atoms with Gasteiger partial charge >= 0.3 is 8.56 Å². The van der Waals surface area contributed by atoms with Crippen LogP contribution < -0.4 is 0 Å². The number of hydrogen-bond donors (Lipinski definition) is 0. The van der Waals surface area contributed by atoms with E-state index in [4.69, 9.17) is 8.85 Å². The van der Waals surface area contributed by atoms with Crippen molar-refractivity contribution in [3.05, 3.63) is 0 Å². The van der Waals surface area contributed by atoms with Crippen molar-refractivity contribution in [3.63, 3.8) is 0 Å². The fourth-order valence-corrected chi connectivity index (χ4v) is 4.84. The molecule has 0 aliphatic carbocycles. The molecule has 0 spiro atoms. The predicted molar refractivity (Wildman–Crippen MR) is 74.6 cm³/mol. The standard InChI is InChI=1S/C13H29NO2Si/c1-4-14-10-8-6-7-9-13-17(3,15-5-2)16-12-11-14/h4-13H2,1-3H3. The molecule has 0 aromatic heterocycles. The molecule has 1 heterocycles. The highest BCUT2D eigenvalue weighted by Crippen LogP contribution is 2.19. The second kappa shape index (κ2) is 8.24. The minimum atomic E-state index is -1.87. The SMILES string of the molecule is CCO[Si]1(C)CCCCCCN(CC)CCO1. The Morgan fingerprint density at radius 3 is 2.59 bits per heavy atom. The van der Waals surface area contributed by atoms with Crippen LogP contribution in [0.4, 0.5) is 0 Å². The van der Waals surface area contributed by atoms with Crippen LogP contribution in [0.1, 0.15) is 39.5 Å². The van der Waals surface area contributed by atoms with Crippen molar-refractivity contribution in [2.75, 3.05) is 32.8 Å². The lowest BCUT2D eigenvalue weighted by Gasteiger charge is -2.27. The molecule has 1 aliphatic rings. The fraction of sp³-hybridized carbons (Fsp3) is 1.00. The molecule has 4 heteroatoms. The lowest BCUT2D eigenvalue weighted by Crippen LogP contribution is -2.41. The Balaban J connectivity index is 2.47. The van der Waals surface area contributed by atoms with Gasteiger partial charge in [-0.3, -0.25) is 0 Å². The quantitative estimate of drug-likeness (QED) is 0.727. The van der Waals surface area contributed by atoms with E-state index < -0.39 is 8.56 Å². The summed E-state index contributed by atoms with van der Waals surface area (Å²) in [4.78, 5) is 2.49. The number of likely N-dealkylation sites (N-methyl/N-ethyl adjacent to an activating group) is 1. The van der Waals surface area contributed by atoms with Crippen molar-refractivity contribution in [1.82, 2.24) is 4.90 Å². The van der Waals surface area contributed by atoms with Crippen LogP contribution in [0.25, 0.3) is 0 Å². The van der Waals surface area contributed by atoms with E-state index >= 15 is 0 Å². The van der Waals surface area contributed by atoms with Gasteiger partial charge in [-0.2, -0.15) is 0 Å². The van der Waals surface area contributed by atoms with E-state index in [9.17, 15) is 0 Å². The van der Waals surface area contributed by atoms with E-state index in [1.54, 1.807) is 0 Å². The third-order valence-electron chi connectivity index (χ3n) is 3.57. The van der Waals surface area contributed by atoms with Gasteiger partial charge in [0.1, 0.15) is 0 Å². The van der Waals surface area contributed by atoms with E-state index in [2.05, 4.69) is 25.3 Å². The summed E-state index contributed by atoms with van der Waals surface area (Å²) in [5, 5.41) is 0. The Labute approximate surface area is 108 Å². The second-order valence-corrected chi connectivity index (χ2v) is 8.36. The van der Waals surface area contributed by atoms with Crippen LogP contribution in [0, 0.1) is 0 Å². The van der Waals surface area contributed by atoms with E-state index in [-0.39, 0.29) is 0 Å². The number of rotatable bonds is 3. The van der Waals surface area contributed by atoms with Gasteiger partial charge in [0.25, 0.3) is 0 Å². The molecule has 1 atom stereocenters. The zero-order chi connectivity index (χ0) is 12.6. The van der Waals surface area contributed by atoms with E-state index in [1.807, 2.05) is 0 Å². The van der Waals surface area contributed by atoms with E-state index in [1.165, 1.54) is 32.2 Å². The highest BCUT2D eigenvalue weighted by molar-refractivity contribution is 6.66. The smallest absolute Gasteiger partial charge is 0.334 e. The van der Waals surface area contributed by atoms with Crippen LogP contribution in [0.3, 0.4) is 0 Å². The zero-order valence-electron chi connectivity index (χ0n) is 11.8. The molecule has 102 valence electrons. The molecule has 1 saturated heterocycles. The Bertz CT molecular complexity index is 204. The van der Waals surface area contributed by atoms with Crippen LogP contribution in [-0.4, -0.2) is 46.3 Å². The van der Waals surface area contributed by atoms with Crippen LogP contribution >= 0.6 is 0 Å². The Kier molecular flexibility index (Phi) is 7.35. The molecule has 0 bridgehead atoms. The van der Waals surface area contributed by atoms with Gasteiger partial charge in [-0.15, -0.1) is 0 Å². The first-order valence-electron chi connectivity index (χ1n) is 7.20. The van der Waals surface area contributed by atoms with E-state index in [0.717, 1.165) is 32.3 Å². The molecule has 1 unspecified atom stereocenters. The average molecular weight is 259 g/mol. The first-order valence-corrected chi connectivity index (χ1v) is 9.73. The first kappa shape index (κ1) is 15.2. The van der Waals surface area contributed by atoms with Crippen LogP contribution in [-0.2, 0) is 8.85 Å². The molecule has 0 aromatic carbocycles. The fourth-order valence-electron chi connectivity index (χ4n) is 2.45. The van der Waals surface area contributed by atoms with Gasteiger partial charge in [0.15, 0.2) is 0 Å². The molecule has 0 aromatic rings. The summed E-state index contributed by atoms with van der Waals surface area (Å²) in [5.74, 6) is 0. The maximum atomic E-state index is 6.11. The summed E-state index contributed by atoms with van der Waals surface area (Å²) < 4.78 is 12.0. The predicted octanol–water partition coefficient (Wildman–Crippen LogP) is 3.01. The molecule has 0 saturated carbocycles. The van der Waals surface area contributed by atoms with E-state index in [0.29, 0.717) is 0 Å². The number of hydrogen-bond acceptors (Lipinski definition) is 3. The van der Waals surface area contributed by atoms with Gasteiger partial charge in [0, 0.05) is 19.8 Å². The molecular weight excluding hydrogens is 230 g/mol. The largest absolute Gasteiger partial charge is 0.395 e. The van der Waals surface area contributed by atoms with Gasteiger partial charge in [-0.25, -0.2) is 0 Å². The summed E-state index contributed by atoms with van der Waals surface area (Å²) in [5.41, 5.74) is 0. The topological polar surface area (TPSA) is 21.7 Å². The molecule has 0 N–H and O–H groups in total. The van der Waals surface area contributed by atoms with Crippen molar-refractivity contribution in [2.45, 2.75) is 52.1 Å². The van der Waals surface area contributed by atoms with Crippen LogP contribution in [0.15, 0.2) is 0 Å². The maximum Gasteiger partial charge on any atom is 0.334 e. The Morgan fingerprint density at radius 2 is 1.88 bits per heavy atom. The third-order valence-corrected chi connectivity index (χ3v) is 6.54. The highest BCUT2D eigenvalue weighted by Gasteiger charge is 2.30. The molecule has 1 aliphatic heterocycles. The lowest BCUT2D eigenvalue weighted by atomic mass is 10.2. The molecule has 17 heavy (non-hydrogen) atoms. The van der Waals surface area contributed by atoms with Crippen LogP contribution in [0.5, 0.6) is 0 Å². The van der Waals surface area contributed by atoms with Gasteiger partial charge < -0.3 is 13.8 Å². The van der Waals surface area contributed by atoms with Crippen molar-refractivity contribution in [1.29, 1.82) is 0 Å². The van der Waals surface area contributed by atoms with Crippen molar-refractivity contribution < 1.29 is 8.85 Å². The van der Waals surface area contributed by atoms with Gasteiger partial charge in [-0.1, -0.05) is 26.2 Å². The number of nitrogens with zero attached hydrogens (tertiary/aromatic N) is 1. The normalized spacial score (nSPS) is 29.8. The molecule has 3 nitrogen and oxygen atoms in total. The van der Waals surface area contributed by atoms with Crippen molar-refractivity contribution in [3.8, 4) is 0 Å². The van der Waals surface area contributed by atoms with Gasteiger partial charge in [0.2, 0.25) is 0 Å². The first-order chi connectivity index (χ1) is 8.20. The minimum absolute atomic E-state index is 0.792. The van der Waals surface area contributed by atoms with Crippen molar-refractivity contribution >= 4 is 8.56 Å². The lowest BCUT2D eigenvalue weighted by molar-refractivity contribution is 0.153. The summed E-state index contributed by atoms with van der Waals surface area (Å²) in [6, 6.07) is 1.16. The monoisotopic (exact) mass is 259 g/mol. The molecular formula is C13H29NO2Si. The molecule has 0 amide bonds.